The number of hydrogen-bond donors (Lipinski definition) is 0. The molecule has 178 valence electrons. The van der Waals surface area contributed by atoms with Gasteiger partial charge in [-0.1, -0.05) is 29.6 Å². The van der Waals surface area contributed by atoms with Crippen LogP contribution in [0.2, 0.25) is 0 Å². The van der Waals surface area contributed by atoms with Gasteiger partial charge in [0.05, 0.1) is 9.60 Å². The molecule has 4 rings (SSSR count). The van der Waals surface area contributed by atoms with Crippen LogP contribution < -0.4 is 4.90 Å². The van der Waals surface area contributed by atoms with Crippen molar-refractivity contribution >= 4 is 42.6 Å². The smallest absolute Gasteiger partial charge is 0.253 e. The first kappa shape index (κ1) is 24.1. The van der Waals surface area contributed by atoms with Crippen LogP contribution in [0.3, 0.4) is 0 Å². The van der Waals surface area contributed by atoms with E-state index in [0.29, 0.717) is 37.3 Å². The topological polar surface area (TPSA) is 73.8 Å². The maximum atomic E-state index is 14.0. The highest BCUT2D eigenvalue weighted by molar-refractivity contribution is 7.89. The second-order valence-corrected chi connectivity index (χ2v) is 10.7. The Kier molecular flexibility index (Phi) is 7.11. The molecule has 2 heterocycles. The van der Waals surface area contributed by atoms with Gasteiger partial charge in [-0.3, -0.25) is 4.79 Å². The van der Waals surface area contributed by atoms with Gasteiger partial charge >= 0.3 is 0 Å². The Hall–Kier alpha value is -3.08. The molecule has 0 atom stereocenters. The summed E-state index contributed by atoms with van der Waals surface area (Å²) in [6.45, 7) is 9.69. The molecule has 10 heteroatoms. The van der Waals surface area contributed by atoms with E-state index in [1.54, 1.807) is 11.0 Å². The average molecular weight is 501 g/mol. The number of hydrogen-bond acceptors (Lipinski definition) is 6. The van der Waals surface area contributed by atoms with E-state index in [4.69, 9.17) is 0 Å². The van der Waals surface area contributed by atoms with Crippen molar-refractivity contribution in [3.05, 3.63) is 79.2 Å². The van der Waals surface area contributed by atoms with Gasteiger partial charge in [0, 0.05) is 44.8 Å². The minimum atomic E-state index is -3.72. The molecule has 0 radical (unpaired) electrons. The van der Waals surface area contributed by atoms with Crippen LogP contribution >= 0.6 is 11.3 Å². The van der Waals surface area contributed by atoms with Crippen molar-refractivity contribution in [2.45, 2.75) is 4.90 Å². The van der Waals surface area contributed by atoms with Gasteiger partial charge < -0.3 is 9.80 Å². The van der Waals surface area contributed by atoms with Crippen LogP contribution in [0.4, 0.5) is 9.52 Å². The highest BCUT2D eigenvalue weighted by Gasteiger charge is 2.26. The number of para-hydroxylation sites is 1. The van der Waals surface area contributed by atoms with Crippen LogP contribution in [-0.4, -0.2) is 67.8 Å². The van der Waals surface area contributed by atoms with E-state index in [9.17, 15) is 17.6 Å². The average Bonchev–Trinajstić information content (AvgIpc) is 3.29. The molecular formula is C24H25FN4O3S2. The number of carbonyl (C=O) groups excluding carboxylic acids is 1. The number of sulfonamides is 1. The van der Waals surface area contributed by atoms with Crippen LogP contribution in [0.5, 0.6) is 0 Å². The van der Waals surface area contributed by atoms with E-state index >= 15 is 0 Å². The standard InChI is InChI=1S/C24H25FN4O3S2/c1-3-12-29(13-4-2)34(31,32)19-10-8-18(9-11-19)23(30)27-14-16-28(17-15-27)24-26-22-20(25)6-5-7-21(22)33-24/h3-11H,1-2,12-17H2. The minimum absolute atomic E-state index is 0.112. The van der Waals surface area contributed by atoms with Gasteiger partial charge in [0.1, 0.15) is 11.3 Å². The lowest BCUT2D eigenvalue weighted by molar-refractivity contribution is 0.0746. The number of aromatic nitrogens is 1. The van der Waals surface area contributed by atoms with Crippen molar-refractivity contribution in [1.29, 1.82) is 0 Å². The maximum Gasteiger partial charge on any atom is 0.253 e. The first-order chi connectivity index (χ1) is 16.3. The summed E-state index contributed by atoms with van der Waals surface area (Å²) in [6.07, 6.45) is 3.03. The highest BCUT2D eigenvalue weighted by atomic mass is 32.2. The monoisotopic (exact) mass is 500 g/mol. The number of rotatable bonds is 8. The predicted octanol–water partition coefficient (Wildman–Crippen LogP) is 3.76. The summed E-state index contributed by atoms with van der Waals surface area (Å²) in [4.78, 5) is 21.3. The number of fused-ring (bicyclic) bond motifs is 1. The molecule has 1 aliphatic heterocycles. The Morgan fingerprint density at radius 3 is 2.29 bits per heavy atom. The second-order valence-electron chi connectivity index (χ2n) is 7.79. The predicted molar refractivity (Wildman–Crippen MR) is 133 cm³/mol. The molecule has 3 aromatic rings. The summed E-state index contributed by atoms with van der Waals surface area (Å²) in [5, 5.41) is 0.741. The number of thiazole rings is 1. The summed E-state index contributed by atoms with van der Waals surface area (Å²) in [6, 6.07) is 10.9. The zero-order valence-electron chi connectivity index (χ0n) is 18.6. The van der Waals surface area contributed by atoms with Gasteiger partial charge in [-0.2, -0.15) is 4.31 Å². The van der Waals surface area contributed by atoms with E-state index in [-0.39, 0.29) is 29.7 Å². The molecule has 0 spiro atoms. The molecule has 1 saturated heterocycles. The molecule has 0 aliphatic carbocycles. The lowest BCUT2D eigenvalue weighted by Crippen LogP contribution is -2.48. The van der Waals surface area contributed by atoms with Gasteiger partial charge in [0.2, 0.25) is 10.0 Å². The largest absolute Gasteiger partial charge is 0.345 e. The Bertz CT molecular complexity index is 1300. The summed E-state index contributed by atoms with van der Waals surface area (Å²) in [5.74, 6) is -0.496. The lowest BCUT2D eigenvalue weighted by atomic mass is 10.2. The second kappa shape index (κ2) is 10.0. The fraction of sp³-hybridized carbons (Fsp3) is 0.250. The van der Waals surface area contributed by atoms with Crippen molar-refractivity contribution in [2.75, 3.05) is 44.2 Å². The first-order valence-corrected chi connectivity index (χ1v) is 13.0. The van der Waals surface area contributed by atoms with Crippen molar-refractivity contribution in [2.24, 2.45) is 0 Å². The van der Waals surface area contributed by atoms with E-state index in [1.807, 2.05) is 6.07 Å². The molecule has 1 fully saturated rings. The minimum Gasteiger partial charge on any atom is -0.345 e. The van der Waals surface area contributed by atoms with Gasteiger partial charge in [-0.15, -0.1) is 13.2 Å². The third-order valence-electron chi connectivity index (χ3n) is 5.60. The molecule has 0 unspecified atom stereocenters. The van der Waals surface area contributed by atoms with Crippen LogP contribution in [0.15, 0.2) is 72.7 Å². The summed E-state index contributed by atoms with van der Waals surface area (Å²) < 4.78 is 41.7. The molecule has 1 aromatic heterocycles. The SMILES string of the molecule is C=CCN(CC=C)S(=O)(=O)c1ccc(C(=O)N2CCN(c3nc4c(F)cccc4s3)CC2)cc1. The molecule has 0 bridgehead atoms. The Labute approximate surface area is 202 Å². The molecule has 0 saturated carbocycles. The number of carbonyl (C=O) groups is 1. The molecule has 1 aliphatic rings. The van der Waals surface area contributed by atoms with Gasteiger partial charge in [0.15, 0.2) is 5.13 Å². The Balaban J connectivity index is 1.42. The number of benzene rings is 2. The summed E-state index contributed by atoms with van der Waals surface area (Å²) >= 11 is 1.44. The molecule has 0 N–H and O–H groups in total. The molecular weight excluding hydrogens is 475 g/mol. The number of piperazine rings is 1. The lowest BCUT2D eigenvalue weighted by Gasteiger charge is -2.34. The fourth-order valence-electron chi connectivity index (χ4n) is 3.80. The van der Waals surface area contributed by atoms with Gasteiger partial charge in [-0.25, -0.2) is 17.8 Å². The van der Waals surface area contributed by atoms with E-state index in [2.05, 4.69) is 23.0 Å². The highest BCUT2D eigenvalue weighted by Crippen LogP contribution is 2.30. The van der Waals surface area contributed by atoms with Crippen molar-refractivity contribution in [3.8, 4) is 0 Å². The molecule has 34 heavy (non-hydrogen) atoms. The summed E-state index contributed by atoms with van der Waals surface area (Å²) in [5.41, 5.74) is 0.796. The van der Waals surface area contributed by atoms with Gasteiger partial charge in [-0.05, 0) is 36.4 Å². The van der Waals surface area contributed by atoms with Gasteiger partial charge in [0.25, 0.3) is 5.91 Å². The van der Waals surface area contributed by atoms with Crippen LogP contribution in [0, 0.1) is 5.82 Å². The maximum absolute atomic E-state index is 14.0. The summed E-state index contributed by atoms with van der Waals surface area (Å²) in [7, 11) is -3.72. The Morgan fingerprint density at radius 1 is 1.06 bits per heavy atom. The van der Waals surface area contributed by atoms with E-state index < -0.39 is 10.0 Å². The number of amides is 1. The fourth-order valence-corrected chi connectivity index (χ4v) is 6.21. The van der Waals surface area contributed by atoms with Crippen LogP contribution in [0.1, 0.15) is 10.4 Å². The van der Waals surface area contributed by atoms with Crippen molar-refractivity contribution in [1.82, 2.24) is 14.2 Å². The third-order valence-corrected chi connectivity index (χ3v) is 8.53. The zero-order valence-corrected chi connectivity index (χ0v) is 20.2. The molecule has 1 amide bonds. The number of nitrogens with zero attached hydrogens (tertiary/aromatic N) is 4. The molecule has 7 nitrogen and oxygen atoms in total. The van der Waals surface area contributed by atoms with Crippen LogP contribution in [0.25, 0.3) is 10.2 Å². The number of halogens is 1. The zero-order chi connectivity index (χ0) is 24.3. The van der Waals surface area contributed by atoms with Crippen molar-refractivity contribution in [3.63, 3.8) is 0 Å². The van der Waals surface area contributed by atoms with E-state index in [1.165, 1.54) is 58.1 Å². The molecule has 2 aromatic carbocycles. The van der Waals surface area contributed by atoms with Crippen molar-refractivity contribution < 1.29 is 17.6 Å². The first-order valence-electron chi connectivity index (χ1n) is 10.8. The third kappa shape index (κ3) is 4.75. The normalized spacial score (nSPS) is 14.5. The van der Waals surface area contributed by atoms with Crippen LogP contribution in [-0.2, 0) is 10.0 Å². The van der Waals surface area contributed by atoms with E-state index in [0.717, 1.165) is 9.83 Å². The number of anilines is 1. The Morgan fingerprint density at radius 2 is 1.71 bits per heavy atom. The quantitative estimate of drug-likeness (QED) is 0.441.